The lowest BCUT2D eigenvalue weighted by Gasteiger charge is -2.35. The van der Waals surface area contributed by atoms with E-state index in [0.29, 0.717) is 17.8 Å². The third kappa shape index (κ3) is 3.03. The first-order chi connectivity index (χ1) is 12.6. The number of nitrogens with zero attached hydrogens (tertiary/aromatic N) is 5. The molecule has 0 radical (unpaired) electrons. The van der Waals surface area contributed by atoms with Crippen LogP contribution in [0.25, 0.3) is 5.65 Å². The Morgan fingerprint density at radius 1 is 1.23 bits per heavy atom. The maximum absolute atomic E-state index is 13.1. The van der Waals surface area contributed by atoms with E-state index in [9.17, 15) is 9.18 Å². The monoisotopic (exact) mass is 354 g/mol. The lowest BCUT2D eigenvalue weighted by Crippen LogP contribution is -2.34. The molecule has 1 aliphatic heterocycles. The summed E-state index contributed by atoms with van der Waals surface area (Å²) in [6.07, 6.45) is 7.55. The molecule has 4 rings (SSSR count). The number of aromatic nitrogens is 4. The van der Waals surface area contributed by atoms with Crippen LogP contribution in [0.15, 0.2) is 36.8 Å². The third-order valence-electron chi connectivity index (χ3n) is 4.80. The van der Waals surface area contributed by atoms with Crippen LogP contribution < -0.4 is 5.73 Å². The minimum atomic E-state index is -0.541. The molecule has 1 aliphatic rings. The Kier molecular flexibility index (Phi) is 4.34. The van der Waals surface area contributed by atoms with Gasteiger partial charge in [-0.25, -0.2) is 13.9 Å². The van der Waals surface area contributed by atoms with Gasteiger partial charge >= 0.3 is 0 Å². The van der Waals surface area contributed by atoms with E-state index in [1.165, 1.54) is 18.5 Å². The summed E-state index contributed by atoms with van der Waals surface area (Å²) >= 11 is 0. The van der Waals surface area contributed by atoms with Crippen LogP contribution in [0.4, 0.5) is 4.39 Å². The Labute approximate surface area is 149 Å². The van der Waals surface area contributed by atoms with Crippen molar-refractivity contribution in [3.63, 3.8) is 0 Å². The minimum absolute atomic E-state index is 0.113. The van der Waals surface area contributed by atoms with Crippen molar-refractivity contribution in [1.29, 1.82) is 0 Å². The van der Waals surface area contributed by atoms with Crippen LogP contribution in [0, 0.1) is 5.82 Å². The Hall–Kier alpha value is -2.87. The van der Waals surface area contributed by atoms with Gasteiger partial charge in [0.2, 0.25) is 0 Å². The second-order valence-corrected chi connectivity index (χ2v) is 6.48. The standard InChI is InChI=1S/C18H19FN6O/c19-12-4-5-13(22-9-12)11-24-8-2-1-3-15(24)16-6-7-21-18-14(17(20)26)10-23-25(16)18/h4-7,9-10,15H,1-3,8,11H2,(H2,20,26). The normalized spacial score (nSPS) is 18.3. The molecule has 0 saturated carbocycles. The average Bonchev–Trinajstić information content (AvgIpc) is 3.09. The van der Waals surface area contributed by atoms with Crippen LogP contribution >= 0.6 is 0 Å². The number of likely N-dealkylation sites (tertiary alicyclic amines) is 1. The Bertz CT molecular complexity index is 939. The second kappa shape index (κ2) is 6.80. The molecule has 0 aliphatic carbocycles. The van der Waals surface area contributed by atoms with Crippen molar-refractivity contribution in [3.8, 4) is 0 Å². The summed E-state index contributed by atoms with van der Waals surface area (Å²) < 4.78 is 14.8. The van der Waals surface area contributed by atoms with Crippen molar-refractivity contribution in [3.05, 3.63) is 59.6 Å². The van der Waals surface area contributed by atoms with Gasteiger partial charge in [-0.15, -0.1) is 0 Å². The Morgan fingerprint density at radius 2 is 2.12 bits per heavy atom. The van der Waals surface area contributed by atoms with Gasteiger partial charge < -0.3 is 5.73 Å². The van der Waals surface area contributed by atoms with E-state index in [1.54, 1.807) is 16.8 Å². The number of carbonyl (C=O) groups excluding carboxylic acids is 1. The number of nitrogens with two attached hydrogens (primary N) is 1. The number of hydrogen-bond acceptors (Lipinski definition) is 5. The summed E-state index contributed by atoms with van der Waals surface area (Å²) in [6, 6.07) is 5.17. The van der Waals surface area contributed by atoms with E-state index in [4.69, 9.17) is 5.73 Å². The zero-order valence-electron chi connectivity index (χ0n) is 14.2. The first-order valence-electron chi connectivity index (χ1n) is 8.60. The van der Waals surface area contributed by atoms with Crippen molar-refractivity contribution in [2.45, 2.75) is 31.8 Å². The molecule has 134 valence electrons. The molecule has 0 aromatic carbocycles. The largest absolute Gasteiger partial charge is 0.365 e. The number of halogens is 1. The van der Waals surface area contributed by atoms with Crippen molar-refractivity contribution >= 4 is 11.6 Å². The third-order valence-corrected chi connectivity index (χ3v) is 4.80. The smallest absolute Gasteiger partial charge is 0.254 e. The molecule has 1 fully saturated rings. The summed E-state index contributed by atoms with van der Waals surface area (Å²) in [5, 5.41) is 4.33. The molecule has 0 spiro atoms. The number of amides is 1. The van der Waals surface area contributed by atoms with E-state index in [2.05, 4.69) is 20.0 Å². The van der Waals surface area contributed by atoms with E-state index in [1.807, 2.05) is 6.07 Å². The van der Waals surface area contributed by atoms with Crippen molar-refractivity contribution < 1.29 is 9.18 Å². The average molecular weight is 354 g/mol. The fraction of sp³-hybridized carbons (Fsp3) is 0.333. The Morgan fingerprint density at radius 3 is 2.88 bits per heavy atom. The molecule has 1 atom stereocenters. The van der Waals surface area contributed by atoms with Crippen molar-refractivity contribution in [1.82, 2.24) is 24.5 Å². The van der Waals surface area contributed by atoms with Crippen LogP contribution in [0.3, 0.4) is 0 Å². The molecule has 2 N–H and O–H groups in total. The van der Waals surface area contributed by atoms with Gasteiger partial charge in [-0.3, -0.25) is 14.7 Å². The predicted octanol–water partition coefficient (Wildman–Crippen LogP) is 2.09. The fourth-order valence-corrected chi connectivity index (χ4v) is 3.56. The van der Waals surface area contributed by atoms with Crippen LogP contribution in [0.5, 0.6) is 0 Å². The SMILES string of the molecule is NC(=O)c1cnn2c(C3CCCCN3Cc3ccc(F)cn3)ccnc12. The van der Waals surface area contributed by atoms with Gasteiger partial charge in [0.05, 0.1) is 29.8 Å². The predicted molar refractivity (Wildman–Crippen MR) is 92.7 cm³/mol. The van der Waals surface area contributed by atoms with Gasteiger partial charge in [0, 0.05) is 12.7 Å². The van der Waals surface area contributed by atoms with Crippen LogP contribution in [-0.2, 0) is 6.54 Å². The quantitative estimate of drug-likeness (QED) is 0.775. The van der Waals surface area contributed by atoms with Crippen LogP contribution in [-0.4, -0.2) is 36.9 Å². The van der Waals surface area contributed by atoms with Gasteiger partial charge in [-0.2, -0.15) is 5.10 Å². The molecule has 0 bridgehead atoms. The van der Waals surface area contributed by atoms with Gasteiger partial charge in [0.15, 0.2) is 5.65 Å². The van der Waals surface area contributed by atoms with E-state index < -0.39 is 5.91 Å². The molecule has 1 unspecified atom stereocenters. The second-order valence-electron chi connectivity index (χ2n) is 6.48. The van der Waals surface area contributed by atoms with Gasteiger partial charge in [0.25, 0.3) is 5.91 Å². The summed E-state index contributed by atoms with van der Waals surface area (Å²) in [6.45, 7) is 1.54. The van der Waals surface area contributed by atoms with Crippen LogP contribution in [0.2, 0.25) is 0 Å². The van der Waals surface area contributed by atoms with Crippen molar-refractivity contribution in [2.24, 2.45) is 5.73 Å². The number of fused-ring (bicyclic) bond motifs is 1. The van der Waals surface area contributed by atoms with Gasteiger partial charge in [-0.1, -0.05) is 6.42 Å². The van der Waals surface area contributed by atoms with E-state index >= 15 is 0 Å². The zero-order valence-corrected chi connectivity index (χ0v) is 14.2. The molecule has 1 amide bonds. The van der Waals surface area contributed by atoms with E-state index in [-0.39, 0.29) is 11.9 Å². The maximum Gasteiger partial charge on any atom is 0.254 e. The summed E-state index contributed by atoms with van der Waals surface area (Å²) in [5.41, 5.74) is 7.98. The molecular weight excluding hydrogens is 335 g/mol. The van der Waals surface area contributed by atoms with E-state index in [0.717, 1.165) is 37.2 Å². The number of piperidine rings is 1. The summed E-state index contributed by atoms with van der Waals surface area (Å²) in [5.74, 6) is -0.879. The fourth-order valence-electron chi connectivity index (χ4n) is 3.56. The van der Waals surface area contributed by atoms with Crippen LogP contribution in [0.1, 0.15) is 47.1 Å². The molecule has 3 aromatic heterocycles. The highest BCUT2D eigenvalue weighted by atomic mass is 19.1. The molecule has 3 aromatic rings. The molecule has 7 nitrogen and oxygen atoms in total. The Balaban J connectivity index is 1.69. The van der Waals surface area contributed by atoms with Gasteiger partial charge in [0.1, 0.15) is 11.4 Å². The molecular formula is C18H19FN6O. The molecule has 4 heterocycles. The molecule has 1 saturated heterocycles. The lowest BCUT2D eigenvalue weighted by atomic mass is 9.98. The lowest BCUT2D eigenvalue weighted by molar-refractivity contribution is 0.100. The molecule has 26 heavy (non-hydrogen) atoms. The number of hydrogen-bond donors (Lipinski definition) is 1. The summed E-state index contributed by atoms with van der Waals surface area (Å²) in [4.78, 5) is 22.3. The highest BCUT2D eigenvalue weighted by molar-refractivity contribution is 5.98. The number of rotatable bonds is 4. The highest BCUT2D eigenvalue weighted by Gasteiger charge is 2.27. The highest BCUT2D eigenvalue weighted by Crippen LogP contribution is 2.32. The number of pyridine rings is 1. The minimum Gasteiger partial charge on any atom is -0.365 e. The summed E-state index contributed by atoms with van der Waals surface area (Å²) in [7, 11) is 0. The zero-order chi connectivity index (χ0) is 18.1. The van der Waals surface area contributed by atoms with Crippen molar-refractivity contribution in [2.75, 3.05) is 6.54 Å². The van der Waals surface area contributed by atoms with Gasteiger partial charge in [-0.05, 0) is 37.6 Å². The number of primary amides is 1. The topological polar surface area (TPSA) is 89.4 Å². The maximum atomic E-state index is 13.1. The number of carbonyl (C=O) groups is 1. The first kappa shape index (κ1) is 16.6. The first-order valence-corrected chi connectivity index (χ1v) is 8.60. The molecule has 8 heteroatoms.